The zero-order valence-corrected chi connectivity index (χ0v) is 11.1. The van der Waals surface area contributed by atoms with E-state index in [1.165, 1.54) is 43.4 Å². The fraction of sp³-hybridized carbons (Fsp3) is 0.600. The van der Waals surface area contributed by atoms with Crippen LogP contribution in [0, 0.1) is 5.82 Å². The minimum absolute atomic E-state index is 0.158. The molecule has 0 amide bonds. The number of halogens is 1. The zero-order chi connectivity index (χ0) is 12.8. The van der Waals surface area contributed by atoms with Gasteiger partial charge in [0.25, 0.3) is 0 Å². The first kappa shape index (κ1) is 13.5. The van der Waals surface area contributed by atoms with E-state index in [0.717, 1.165) is 13.0 Å². The molecule has 0 aromatic heterocycles. The Balaban J connectivity index is 1.75. The Kier molecular flexibility index (Phi) is 5.14. The van der Waals surface area contributed by atoms with Crippen molar-refractivity contribution in [2.45, 2.75) is 44.2 Å². The summed E-state index contributed by atoms with van der Waals surface area (Å²) < 4.78 is 18.3. The van der Waals surface area contributed by atoms with Gasteiger partial charge in [-0.25, -0.2) is 4.39 Å². The second kappa shape index (κ2) is 6.86. The molecule has 1 aromatic rings. The Hall–Kier alpha value is -0.930. The van der Waals surface area contributed by atoms with Crippen LogP contribution in [-0.2, 0) is 11.2 Å². The van der Waals surface area contributed by atoms with Gasteiger partial charge in [-0.15, -0.1) is 0 Å². The van der Waals surface area contributed by atoms with Gasteiger partial charge in [-0.05, 0) is 30.5 Å². The average molecular weight is 252 g/mol. The summed E-state index contributed by atoms with van der Waals surface area (Å²) in [5, 5.41) is 2.40. The van der Waals surface area contributed by atoms with Gasteiger partial charge in [-0.1, -0.05) is 18.6 Å². The lowest BCUT2D eigenvalue weighted by molar-refractivity contribution is -0.698. The van der Waals surface area contributed by atoms with Crippen molar-refractivity contribution in [1.82, 2.24) is 0 Å². The number of hydrogen-bond acceptors (Lipinski definition) is 1. The number of benzene rings is 1. The van der Waals surface area contributed by atoms with E-state index in [-0.39, 0.29) is 5.82 Å². The van der Waals surface area contributed by atoms with E-state index in [1.807, 2.05) is 19.2 Å². The molecule has 0 saturated heterocycles. The largest absolute Gasteiger partial charge is 0.375 e. The van der Waals surface area contributed by atoms with Crippen LogP contribution in [0.2, 0.25) is 0 Å². The van der Waals surface area contributed by atoms with Crippen LogP contribution < -0.4 is 5.32 Å². The van der Waals surface area contributed by atoms with Crippen molar-refractivity contribution in [2.75, 3.05) is 13.7 Å². The Morgan fingerprint density at radius 3 is 2.67 bits per heavy atom. The zero-order valence-electron chi connectivity index (χ0n) is 11.1. The Labute approximate surface area is 109 Å². The van der Waals surface area contributed by atoms with E-state index in [0.29, 0.717) is 12.1 Å². The summed E-state index contributed by atoms with van der Waals surface area (Å²) in [6.45, 7) is 1.05. The molecule has 1 aliphatic rings. The van der Waals surface area contributed by atoms with E-state index in [9.17, 15) is 4.39 Å². The molecule has 1 aromatic carbocycles. The van der Waals surface area contributed by atoms with Crippen molar-refractivity contribution in [3.8, 4) is 0 Å². The number of methoxy groups -OCH3 is 1. The molecule has 0 spiro atoms. The Morgan fingerprint density at radius 2 is 1.94 bits per heavy atom. The van der Waals surface area contributed by atoms with Crippen molar-refractivity contribution in [3.63, 3.8) is 0 Å². The number of ether oxygens (including phenoxy) is 1. The molecule has 18 heavy (non-hydrogen) atoms. The number of hydrogen-bond donors (Lipinski definition) is 1. The summed E-state index contributed by atoms with van der Waals surface area (Å²) in [7, 11) is 1.82. The SMILES string of the molecule is CO[C@@H]1CCCC[C@H]1[NH2+]CCc1ccc(F)cc1. The Morgan fingerprint density at radius 1 is 1.22 bits per heavy atom. The van der Waals surface area contributed by atoms with E-state index < -0.39 is 0 Å². The van der Waals surface area contributed by atoms with Gasteiger partial charge in [-0.2, -0.15) is 0 Å². The minimum atomic E-state index is -0.158. The fourth-order valence-electron chi connectivity index (χ4n) is 2.80. The van der Waals surface area contributed by atoms with Crippen molar-refractivity contribution in [2.24, 2.45) is 0 Å². The molecule has 3 heteroatoms. The maximum atomic E-state index is 12.8. The van der Waals surface area contributed by atoms with Gasteiger partial charge in [0.2, 0.25) is 0 Å². The molecule has 1 saturated carbocycles. The third-order valence-electron chi connectivity index (χ3n) is 3.87. The average Bonchev–Trinajstić information content (AvgIpc) is 2.41. The molecule has 2 atom stereocenters. The quantitative estimate of drug-likeness (QED) is 0.851. The topological polar surface area (TPSA) is 25.8 Å². The summed E-state index contributed by atoms with van der Waals surface area (Å²) in [5.74, 6) is -0.158. The van der Waals surface area contributed by atoms with E-state index in [2.05, 4.69) is 5.32 Å². The van der Waals surface area contributed by atoms with Gasteiger partial charge < -0.3 is 10.1 Å². The summed E-state index contributed by atoms with van der Waals surface area (Å²) in [6, 6.07) is 7.42. The van der Waals surface area contributed by atoms with Gasteiger partial charge in [0.05, 0.1) is 6.54 Å². The van der Waals surface area contributed by atoms with E-state index in [1.54, 1.807) is 0 Å². The molecule has 100 valence electrons. The molecule has 1 aliphatic carbocycles. The van der Waals surface area contributed by atoms with Crippen LogP contribution in [0.4, 0.5) is 4.39 Å². The molecule has 1 fully saturated rings. The smallest absolute Gasteiger partial charge is 0.123 e. The van der Waals surface area contributed by atoms with Crippen molar-refractivity contribution in [1.29, 1.82) is 0 Å². The highest BCUT2D eigenvalue weighted by Gasteiger charge is 2.27. The molecule has 0 heterocycles. The maximum Gasteiger partial charge on any atom is 0.123 e. The standard InChI is InChI=1S/C15H22FNO/c1-18-15-5-3-2-4-14(15)17-11-10-12-6-8-13(16)9-7-12/h6-9,14-15,17H,2-5,10-11H2,1H3/p+1/t14-,15-/m1/s1. The van der Waals surface area contributed by atoms with Crippen molar-refractivity contribution in [3.05, 3.63) is 35.6 Å². The molecular formula is C15H23FNO+. The highest BCUT2D eigenvalue weighted by atomic mass is 19.1. The molecule has 2 N–H and O–H groups in total. The molecule has 2 rings (SSSR count). The van der Waals surface area contributed by atoms with Gasteiger partial charge in [-0.3, -0.25) is 0 Å². The van der Waals surface area contributed by atoms with Gasteiger partial charge in [0.1, 0.15) is 18.0 Å². The summed E-state index contributed by atoms with van der Waals surface area (Å²) in [5.41, 5.74) is 1.21. The van der Waals surface area contributed by atoms with Crippen LogP contribution in [0.25, 0.3) is 0 Å². The van der Waals surface area contributed by atoms with Crippen LogP contribution in [0.15, 0.2) is 24.3 Å². The lowest BCUT2D eigenvalue weighted by atomic mass is 9.92. The minimum Gasteiger partial charge on any atom is -0.375 e. The predicted molar refractivity (Wildman–Crippen MR) is 69.9 cm³/mol. The van der Waals surface area contributed by atoms with Crippen LogP contribution in [0.5, 0.6) is 0 Å². The molecule has 0 aliphatic heterocycles. The van der Waals surface area contributed by atoms with Gasteiger partial charge in [0.15, 0.2) is 0 Å². The van der Waals surface area contributed by atoms with Crippen LogP contribution in [0.1, 0.15) is 31.2 Å². The van der Waals surface area contributed by atoms with Crippen LogP contribution in [-0.4, -0.2) is 25.8 Å². The number of quaternary nitrogens is 1. The lowest BCUT2D eigenvalue weighted by Gasteiger charge is -2.28. The summed E-state index contributed by atoms with van der Waals surface area (Å²) >= 11 is 0. The first-order chi connectivity index (χ1) is 8.79. The number of rotatable bonds is 5. The normalized spacial score (nSPS) is 24.1. The van der Waals surface area contributed by atoms with Crippen LogP contribution >= 0.6 is 0 Å². The second-order valence-corrected chi connectivity index (χ2v) is 5.12. The molecule has 0 radical (unpaired) electrons. The van der Waals surface area contributed by atoms with E-state index in [4.69, 9.17) is 4.74 Å². The van der Waals surface area contributed by atoms with Gasteiger partial charge in [0, 0.05) is 20.0 Å². The first-order valence-electron chi connectivity index (χ1n) is 6.90. The monoisotopic (exact) mass is 252 g/mol. The maximum absolute atomic E-state index is 12.8. The Bertz CT molecular complexity index is 352. The highest BCUT2D eigenvalue weighted by molar-refractivity contribution is 5.15. The highest BCUT2D eigenvalue weighted by Crippen LogP contribution is 2.18. The van der Waals surface area contributed by atoms with Crippen molar-refractivity contribution < 1.29 is 14.4 Å². The predicted octanol–water partition coefficient (Wildman–Crippen LogP) is 1.89. The van der Waals surface area contributed by atoms with E-state index >= 15 is 0 Å². The molecular weight excluding hydrogens is 229 g/mol. The summed E-state index contributed by atoms with van der Waals surface area (Å²) in [6.07, 6.45) is 6.45. The first-order valence-corrected chi connectivity index (χ1v) is 6.90. The third kappa shape index (κ3) is 3.79. The molecule has 2 nitrogen and oxygen atoms in total. The van der Waals surface area contributed by atoms with Crippen LogP contribution in [0.3, 0.4) is 0 Å². The van der Waals surface area contributed by atoms with Gasteiger partial charge >= 0.3 is 0 Å². The molecule has 0 bridgehead atoms. The number of nitrogens with two attached hydrogens (primary N) is 1. The second-order valence-electron chi connectivity index (χ2n) is 5.12. The van der Waals surface area contributed by atoms with Crippen molar-refractivity contribution >= 4 is 0 Å². The molecule has 0 unspecified atom stereocenters. The lowest BCUT2D eigenvalue weighted by Crippen LogP contribution is -2.93. The summed E-state index contributed by atoms with van der Waals surface area (Å²) in [4.78, 5) is 0. The third-order valence-corrected chi connectivity index (χ3v) is 3.87. The fourth-order valence-corrected chi connectivity index (χ4v) is 2.80.